The van der Waals surface area contributed by atoms with E-state index in [1.165, 1.54) is 11.1 Å². The molecule has 2 rings (SSSR count). The molecule has 0 unspecified atom stereocenters. The van der Waals surface area contributed by atoms with E-state index in [9.17, 15) is 0 Å². The monoisotopic (exact) mass is 345 g/mol. The highest BCUT2D eigenvalue weighted by molar-refractivity contribution is 6.29. The number of aromatic nitrogens is 2. The zero-order valence-electron chi connectivity index (χ0n) is 14.2. The van der Waals surface area contributed by atoms with Crippen LogP contribution >= 0.6 is 11.6 Å². The van der Waals surface area contributed by atoms with Crippen molar-refractivity contribution in [3.05, 3.63) is 58.6 Å². The third kappa shape index (κ3) is 6.16. The zero-order chi connectivity index (χ0) is 17.2. The highest BCUT2D eigenvalue weighted by atomic mass is 35.5. The first-order valence-corrected chi connectivity index (χ1v) is 8.59. The van der Waals surface area contributed by atoms with Gasteiger partial charge >= 0.3 is 0 Å². The van der Waals surface area contributed by atoms with E-state index in [0.717, 1.165) is 44.0 Å². The van der Waals surface area contributed by atoms with Gasteiger partial charge in [0.1, 0.15) is 5.15 Å². The van der Waals surface area contributed by atoms with Crippen molar-refractivity contribution >= 4 is 17.6 Å². The minimum absolute atomic E-state index is 0.521. The second-order valence-corrected chi connectivity index (χ2v) is 5.87. The minimum atomic E-state index is 0.521. The summed E-state index contributed by atoms with van der Waals surface area (Å²) < 4.78 is 0. The Labute approximate surface area is 148 Å². The molecule has 0 fully saturated rings. The van der Waals surface area contributed by atoms with Crippen LogP contribution in [0.15, 0.2) is 41.8 Å². The molecule has 0 radical (unpaired) electrons. The largest absolute Gasteiger partial charge is 0.357 e. The molecule has 0 amide bonds. The Balaban J connectivity index is 1.82. The van der Waals surface area contributed by atoms with E-state index in [1.807, 2.05) is 24.5 Å². The van der Waals surface area contributed by atoms with Gasteiger partial charge in [0.25, 0.3) is 0 Å². The van der Waals surface area contributed by atoms with Crippen LogP contribution in [0.1, 0.15) is 23.6 Å². The molecular formula is C18H24ClN5. The van der Waals surface area contributed by atoms with Gasteiger partial charge < -0.3 is 10.6 Å². The summed E-state index contributed by atoms with van der Waals surface area (Å²) in [6, 6.07) is 5.86. The van der Waals surface area contributed by atoms with Gasteiger partial charge in [-0.3, -0.25) is 9.98 Å². The highest BCUT2D eigenvalue weighted by Gasteiger charge is 2.00. The number of halogens is 1. The summed E-state index contributed by atoms with van der Waals surface area (Å²) in [7, 11) is 0. The second kappa shape index (κ2) is 9.88. The molecule has 6 heteroatoms. The fourth-order valence-electron chi connectivity index (χ4n) is 2.29. The first-order valence-electron chi connectivity index (χ1n) is 8.21. The molecule has 2 heterocycles. The number of hydrogen-bond acceptors (Lipinski definition) is 3. The maximum absolute atomic E-state index is 5.80. The third-order valence-electron chi connectivity index (χ3n) is 3.63. The number of hydrogen-bond donors (Lipinski definition) is 2. The Morgan fingerprint density at radius 1 is 1.17 bits per heavy atom. The fourth-order valence-corrected chi connectivity index (χ4v) is 2.40. The normalized spacial score (nSPS) is 11.4. The molecule has 0 saturated carbocycles. The summed E-state index contributed by atoms with van der Waals surface area (Å²) in [6.07, 6.45) is 7.31. The predicted molar refractivity (Wildman–Crippen MR) is 99.6 cm³/mol. The standard InChI is InChI=1S/C18H24ClN5/c1-3-21-18(22-10-6-15-4-5-17(19)24-13-15)23-11-8-16-7-9-20-12-14(16)2/h4-5,7,9,12-13H,3,6,8,10-11H2,1-2H3,(H2,21,22,23). The van der Waals surface area contributed by atoms with Crippen LogP contribution in [0.25, 0.3) is 0 Å². The first-order chi connectivity index (χ1) is 11.7. The molecule has 0 saturated heterocycles. The van der Waals surface area contributed by atoms with Gasteiger partial charge in [-0.1, -0.05) is 17.7 Å². The van der Waals surface area contributed by atoms with E-state index in [-0.39, 0.29) is 0 Å². The fraction of sp³-hybridized carbons (Fsp3) is 0.389. The van der Waals surface area contributed by atoms with E-state index in [4.69, 9.17) is 11.6 Å². The molecule has 0 aliphatic carbocycles. The van der Waals surface area contributed by atoms with Gasteiger partial charge in [-0.2, -0.15) is 0 Å². The molecule has 5 nitrogen and oxygen atoms in total. The van der Waals surface area contributed by atoms with Crippen LogP contribution in [0.4, 0.5) is 0 Å². The van der Waals surface area contributed by atoms with E-state index in [0.29, 0.717) is 5.15 Å². The van der Waals surface area contributed by atoms with Crippen LogP contribution in [-0.4, -0.2) is 35.6 Å². The van der Waals surface area contributed by atoms with Crippen LogP contribution in [0.3, 0.4) is 0 Å². The summed E-state index contributed by atoms with van der Waals surface area (Å²) in [5.41, 5.74) is 3.65. The molecule has 24 heavy (non-hydrogen) atoms. The molecule has 0 atom stereocenters. The van der Waals surface area contributed by atoms with Crippen molar-refractivity contribution in [1.82, 2.24) is 20.6 Å². The summed E-state index contributed by atoms with van der Waals surface area (Å²) >= 11 is 5.80. The molecule has 128 valence electrons. The van der Waals surface area contributed by atoms with Crippen molar-refractivity contribution in [2.45, 2.75) is 26.7 Å². The summed E-state index contributed by atoms with van der Waals surface area (Å²) in [5, 5.41) is 7.14. The minimum Gasteiger partial charge on any atom is -0.357 e. The van der Waals surface area contributed by atoms with Crippen molar-refractivity contribution in [3.63, 3.8) is 0 Å². The third-order valence-corrected chi connectivity index (χ3v) is 3.85. The molecule has 0 bridgehead atoms. The second-order valence-electron chi connectivity index (χ2n) is 5.48. The van der Waals surface area contributed by atoms with Crippen LogP contribution in [-0.2, 0) is 12.8 Å². The van der Waals surface area contributed by atoms with Crippen LogP contribution in [0.5, 0.6) is 0 Å². The highest BCUT2D eigenvalue weighted by Crippen LogP contribution is 2.06. The Hall–Kier alpha value is -2.14. The number of rotatable bonds is 7. The molecule has 2 aromatic rings. The Kier molecular flexibility index (Phi) is 7.49. The van der Waals surface area contributed by atoms with Crippen molar-refractivity contribution in [2.75, 3.05) is 19.6 Å². The van der Waals surface area contributed by atoms with E-state index < -0.39 is 0 Å². The van der Waals surface area contributed by atoms with Gasteiger partial charge in [0.2, 0.25) is 0 Å². The van der Waals surface area contributed by atoms with Crippen molar-refractivity contribution < 1.29 is 0 Å². The Bertz CT molecular complexity index is 655. The molecular weight excluding hydrogens is 322 g/mol. The molecule has 2 aromatic heterocycles. The van der Waals surface area contributed by atoms with Gasteiger partial charge in [0, 0.05) is 38.2 Å². The Morgan fingerprint density at radius 2 is 2.04 bits per heavy atom. The zero-order valence-corrected chi connectivity index (χ0v) is 15.0. The summed E-state index contributed by atoms with van der Waals surface area (Å²) in [6.45, 7) is 6.51. The average Bonchev–Trinajstić information content (AvgIpc) is 2.58. The van der Waals surface area contributed by atoms with Crippen LogP contribution < -0.4 is 10.6 Å². The quantitative estimate of drug-likeness (QED) is 0.460. The van der Waals surface area contributed by atoms with Crippen molar-refractivity contribution in [3.8, 4) is 0 Å². The maximum Gasteiger partial charge on any atom is 0.191 e. The smallest absolute Gasteiger partial charge is 0.191 e. The predicted octanol–water partition coefficient (Wildman–Crippen LogP) is 2.78. The molecule has 2 N–H and O–H groups in total. The number of nitrogens with one attached hydrogen (secondary N) is 2. The van der Waals surface area contributed by atoms with Gasteiger partial charge in [0.05, 0.1) is 0 Å². The molecule has 0 spiro atoms. The molecule has 0 aromatic carbocycles. The number of pyridine rings is 2. The summed E-state index contributed by atoms with van der Waals surface area (Å²) in [5.74, 6) is 0.839. The lowest BCUT2D eigenvalue weighted by molar-refractivity contribution is 0.794. The molecule has 0 aliphatic heterocycles. The SMILES string of the molecule is CCNC(=NCCc1ccncc1C)NCCc1ccc(Cl)nc1. The lowest BCUT2D eigenvalue weighted by atomic mass is 10.1. The average molecular weight is 346 g/mol. The van der Waals surface area contributed by atoms with Crippen molar-refractivity contribution in [1.29, 1.82) is 0 Å². The number of guanidine groups is 1. The number of aryl methyl sites for hydroxylation is 1. The van der Waals surface area contributed by atoms with Gasteiger partial charge in [-0.05, 0) is 55.5 Å². The lowest BCUT2D eigenvalue weighted by Gasteiger charge is -2.11. The van der Waals surface area contributed by atoms with Gasteiger partial charge in [0.15, 0.2) is 5.96 Å². The first kappa shape index (κ1) is 18.2. The van der Waals surface area contributed by atoms with E-state index >= 15 is 0 Å². The lowest BCUT2D eigenvalue weighted by Crippen LogP contribution is -2.38. The number of nitrogens with zero attached hydrogens (tertiary/aromatic N) is 3. The van der Waals surface area contributed by atoms with E-state index in [2.05, 4.69) is 45.5 Å². The van der Waals surface area contributed by atoms with Crippen LogP contribution in [0.2, 0.25) is 5.15 Å². The maximum atomic E-state index is 5.80. The topological polar surface area (TPSA) is 62.2 Å². The van der Waals surface area contributed by atoms with Crippen LogP contribution in [0, 0.1) is 6.92 Å². The summed E-state index contributed by atoms with van der Waals surface area (Å²) in [4.78, 5) is 12.8. The van der Waals surface area contributed by atoms with E-state index in [1.54, 1.807) is 6.20 Å². The van der Waals surface area contributed by atoms with Crippen molar-refractivity contribution in [2.24, 2.45) is 4.99 Å². The number of aliphatic imine (C=N–C) groups is 1. The van der Waals surface area contributed by atoms with Gasteiger partial charge in [-0.15, -0.1) is 0 Å². The molecule has 0 aliphatic rings. The Morgan fingerprint density at radius 3 is 2.75 bits per heavy atom. The van der Waals surface area contributed by atoms with Gasteiger partial charge in [-0.25, -0.2) is 4.98 Å².